The number of fused-ring (bicyclic) bond motifs is 1. The fourth-order valence-corrected chi connectivity index (χ4v) is 3.95. The van der Waals surface area contributed by atoms with E-state index in [-0.39, 0.29) is 5.91 Å². The predicted molar refractivity (Wildman–Crippen MR) is 118 cm³/mol. The Morgan fingerprint density at radius 1 is 1.10 bits per heavy atom. The van der Waals surface area contributed by atoms with Gasteiger partial charge in [0.25, 0.3) is 5.91 Å². The highest BCUT2D eigenvalue weighted by atomic mass is 35.5. The third-order valence-electron chi connectivity index (χ3n) is 4.66. The molecule has 0 fully saturated rings. The quantitative estimate of drug-likeness (QED) is 0.631. The van der Waals surface area contributed by atoms with E-state index in [1.807, 2.05) is 6.07 Å². The van der Waals surface area contributed by atoms with Crippen molar-refractivity contribution in [3.8, 4) is 22.6 Å². The van der Waals surface area contributed by atoms with E-state index in [0.717, 1.165) is 0 Å². The van der Waals surface area contributed by atoms with E-state index in [9.17, 15) is 4.79 Å². The van der Waals surface area contributed by atoms with Crippen molar-refractivity contribution in [3.05, 3.63) is 52.1 Å². The van der Waals surface area contributed by atoms with Crippen LogP contribution in [0.15, 0.2) is 46.7 Å². The SMILES string of the molecule is COc1cc(OC)c(Cl)c(-c2ccc(C(=O)NC3=NN=CC3)c3ncccc23)c1Cl. The Morgan fingerprint density at radius 3 is 2.47 bits per heavy atom. The highest BCUT2D eigenvalue weighted by Gasteiger charge is 2.22. The van der Waals surface area contributed by atoms with Gasteiger partial charge < -0.3 is 14.8 Å². The van der Waals surface area contributed by atoms with E-state index >= 15 is 0 Å². The first-order valence-corrected chi connectivity index (χ1v) is 9.68. The summed E-state index contributed by atoms with van der Waals surface area (Å²) in [4.78, 5) is 17.2. The summed E-state index contributed by atoms with van der Waals surface area (Å²) in [5.41, 5.74) is 2.13. The third kappa shape index (κ3) is 3.46. The number of halogens is 2. The van der Waals surface area contributed by atoms with Gasteiger partial charge in [0.1, 0.15) is 17.3 Å². The second kappa shape index (κ2) is 8.30. The van der Waals surface area contributed by atoms with E-state index in [2.05, 4.69) is 20.5 Å². The molecule has 1 aliphatic rings. The molecule has 2 heterocycles. The summed E-state index contributed by atoms with van der Waals surface area (Å²) in [6.07, 6.45) is 3.72. The molecule has 1 amide bonds. The molecular weight excluding hydrogens is 427 g/mol. The van der Waals surface area contributed by atoms with Crippen molar-refractivity contribution in [2.45, 2.75) is 6.42 Å². The number of benzene rings is 2. The van der Waals surface area contributed by atoms with Gasteiger partial charge in [-0.25, -0.2) is 0 Å². The molecule has 0 spiro atoms. The molecule has 3 aromatic rings. The summed E-state index contributed by atoms with van der Waals surface area (Å²) in [5.74, 6) is 1.00. The molecule has 2 aromatic carbocycles. The standard InChI is InChI=1S/C21H16Cl2N4O3/c1-29-14-10-15(30-2)19(23)17(18(14)22)11-5-6-13(20-12(11)4-3-8-24-20)21(28)26-16-7-9-25-27-16/h3-6,8-10H,7H2,1-2H3,(H,26,27,28). The minimum Gasteiger partial charge on any atom is -0.495 e. The maximum atomic E-state index is 12.8. The molecular formula is C21H16Cl2N4O3. The van der Waals surface area contributed by atoms with Crippen molar-refractivity contribution in [2.75, 3.05) is 14.2 Å². The maximum Gasteiger partial charge on any atom is 0.258 e. The van der Waals surface area contributed by atoms with Gasteiger partial charge in [0.05, 0.1) is 35.3 Å². The van der Waals surface area contributed by atoms with Crippen molar-refractivity contribution in [3.63, 3.8) is 0 Å². The average Bonchev–Trinajstić information content (AvgIpc) is 3.27. The lowest BCUT2D eigenvalue weighted by Crippen LogP contribution is -2.29. The fraction of sp³-hybridized carbons (Fsp3) is 0.143. The average molecular weight is 443 g/mol. The van der Waals surface area contributed by atoms with E-state index in [4.69, 9.17) is 32.7 Å². The van der Waals surface area contributed by atoms with E-state index in [1.165, 1.54) is 14.2 Å². The zero-order chi connectivity index (χ0) is 21.3. The molecule has 0 saturated carbocycles. The summed E-state index contributed by atoms with van der Waals surface area (Å²) in [6, 6.07) is 8.71. The zero-order valence-electron chi connectivity index (χ0n) is 16.1. The van der Waals surface area contributed by atoms with Crippen molar-refractivity contribution < 1.29 is 14.3 Å². The maximum absolute atomic E-state index is 12.8. The number of carbonyl (C=O) groups is 1. The van der Waals surface area contributed by atoms with Crippen molar-refractivity contribution in [2.24, 2.45) is 10.2 Å². The Balaban J connectivity index is 1.90. The van der Waals surface area contributed by atoms with Crippen molar-refractivity contribution in [1.29, 1.82) is 0 Å². The molecule has 4 rings (SSSR count). The van der Waals surface area contributed by atoms with Crippen LogP contribution < -0.4 is 14.8 Å². The number of carbonyl (C=O) groups excluding carboxylic acids is 1. The molecule has 1 aromatic heterocycles. The number of pyridine rings is 1. The van der Waals surface area contributed by atoms with Gasteiger partial charge in [0.2, 0.25) is 0 Å². The first kappa shape index (κ1) is 20.1. The molecule has 0 aliphatic carbocycles. The van der Waals surface area contributed by atoms with Crippen LogP contribution >= 0.6 is 23.2 Å². The van der Waals surface area contributed by atoms with Crippen molar-refractivity contribution >= 4 is 52.1 Å². The summed E-state index contributed by atoms with van der Waals surface area (Å²) in [7, 11) is 3.03. The van der Waals surface area contributed by atoms with Gasteiger partial charge in [-0.2, -0.15) is 5.10 Å². The van der Waals surface area contributed by atoms with E-state index < -0.39 is 0 Å². The Kier molecular flexibility index (Phi) is 5.57. The third-order valence-corrected chi connectivity index (χ3v) is 5.41. The van der Waals surface area contributed by atoms with E-state index in [0.29, 0.717) is 61.4 Å². The number of nitrogens with zero attached hydrogens (tertiary/aromatic N) is 3. The van der Waals surface area contributed by atoms with Crippen LogP contribution in [0.25, 0.3) is 22.0 Å². The first-order valence-electron chi connectivity index (χ1n) is 8.93. The molecule has 152 valence electrons. The predicted octanol–water partition coefficient (Wildman–Crippen LogP) is 4.74. The molecule has 30 heavy (non-hydrogen) atoms. The number of hydrogen-bond acceptors (Lipinski definition) is 6. The summed E-state index contributed by atoms with van der Waals surface area (Å²) < 4.78 is 10.8. The lowest BCUT2D eigenvalue weighted by Gasteiger charge is -2.17. The molecule has 0 saturated heterocycles. The Labute approximate surface area is 182 Å². The number of ether oxygens (including phenoxy) is 2. The van der Waals surface area contributed by atoms with Gasteiger partial charge in [-0.1, -0.05) is 35.3 Å². The highest BCUT2D eigenvalue weighted by molar-refractivity contribution is 6.41. The van der Waals surface area contributed by atoms with Gasteiger partial charge >= 0.3 is 0 Å². The summed E-state index contributed by atoms with van der Waals surface area (Å²) >= 11 is 13.2. The van der Waals surface area contributed by atoms with Crippen LogP contribution in [0.3, 0.4) is 0 Å². The summed E-state index contributed by atoms with van der Waals surface area (Å²) in [6.45, 7) is 0. The van der Waals surface area contributed by atoms with Crippen LogP contribution in [0.1, 0.15) is 16.8 Å². The molecule has 0 bridgehead atoms. The van der Waals surface area contributed by atoms with Gasteiger partial charge in [-0.05, 0) is 17.7 Å². The van der Waals surface area contributed by atoms with E-state index in [1.54, 1.807) is 36.7 Å². The van der Waals surface area contributed by atoms with Gasteiger partial charge in [0, 0.05) is 35.8 Å². The molecule has 0 radical (unpaired) electrons. The minimum absolute atomic E-state index is 0.324. The lowest BCUT2D eigenvalue weighted by atomic mass is 9.97. The number of hydrogen-bond donors (Lipinski definition) is 1. The number of rotatable bonds is 4. The van der Waals surface area contributed by atoms with Crippen LogP contribution in [0.4, 0.5) is 0 Å². The highest BCUT2D eigenvalue weighted by Crippen LogP contribution is 2.47. The molecule has 9 heteroatoms. The van der Waals surface area contributed by atoms with Crippen LogP contribution in [-0.4, -0.2) is 37.2 Å². The van der Waals surface area contributed by atoms with Gasteiger partial charge in [0.15, 0.2) is 0 Å². The minimum atomic E-state index is -0.324. The molecule has 0 atom stereocenters. The second-order valence-corrected chi connectivity index (χ2v) is 7.10. The van der Waals surface area contributed by atoms with Gasteiger partial charge in [-0.15, -0.1) is 5.10 Å². The zero-order valence-corrected chi connectivity index (χ0v) is 17.6. The van der Waals surface area contributed by atoms with Crippen LogP contribution in [0.5, 0.6) is 11.5 Å². The Bertz CT molecular complexity index is 1200. The van der Waals surface area contributed by atoms with Crippen LogP contribution in [0, 0.1) is 0 Å². The summed E-state index contributed by atoms with van der Waals surface area (Å²) in [5, 5.41) is 11.8. The molecule has 0 unspecified atom stereocenters. The second-order valence-electron chi connectivity index (χ2n) is 6.35. The first-order chi connectivity index (χ1) is 14.5. The normalized spacial score (nSPS) is 12.7. The topological polar surface area (TPSA) is 85.2 Å². The number of nitrogens with one attached hydrogen (secondary N) is 1. The number of amidine groups is 1. The van der Waals surface area contributed by atoms with Crippen LogP contribution in [0.2, 0.25) is 10.0 Å². The molecule has 1 aliphatic heterocycles. The van der Waals surface area contributed by atoms with Crippen molar-refractivity contribution in [1.82, 2.24) is 10.3 Å². The monoisotopic (exact) mass is 442 g/mol. The largest absolute Gasteiger partial charge is 0.495 e. The van der Waals surface area contributed by atoms with Gasteiger partial charge in [-0.3, -0.25) is 9.78 Å². The Morgan fingerprint density at radius 2 is 1.83 bits per heavy atom. The fourth-order valence-electron chi connectivity index (χ4n) is 3.25. The smallest absolute Gasteiger partial charge is 0.258 e. The number of amides is 1. The number of aromatic nitrogens is 1. The number of methoxy groups -OCH3 is 2. The Hall–Kier alpha value is -3.16. The van der Waals surface area contributed by atoms with Crippen LogP contribution in [-0.2, 0) is 0 Å². The molecule has 1 N–H and O–H groups in total. The molecule has 7 nitrogen and oxygen atoms in total. The lowest BCUT2D eigenvalue weighted by molar-refractivity contribution is 0.0978.